The predicted molar refractivity (Wildman–Crippen MR) is 47.7 cm³/mol. The molecular weight excluding hydrogens is 152 g/mol. The first kappa shape index (κ1) is 9.30. The Kier molecular flexibility index (Phi) is 2.55. The SMILES string of the molecule is COC(=O)C1=CC(C)(C)CCC1. The van der Waals surface area contributed by atoms with Gasteiger partial charge in [0.2, 0.25) is 0 Å². The predicted octanol–water partition coefficient (Wildman–Crippen LogP) is 2.30. The monoisotopic (exact) mass is 168 g/mol. The van der Waals surface area contributed by atoms with Gasteiger partial charge in [0.25, 0.3) is 0 Å². The van der Waals surface area contributed by atoms with Gasteiger partial charge >= 0.3 is 5.97 Å². The molecule has 1 aliphatic rings. The Morgan fingerprint density at radius 3 is 2.75 bits per heavy atom. The van der Waals surface area contributed by atoms with Crippen molar-refractivity contribution in [1.82, 2.24) is 0 Å². The highest BCUT2D eigenvalue weighted by Gasteiger charge is 2.23. The molecule has 0 aliphatic heterocycles. The molecule has 0 bridgehead atoms. The van der Waals surface area contributed by atoms with Crippen molar-refractivity contribution in [3.05, 3.63) is 11.6 Å². The summed E-state index contributed by atoms with van der Waals surface area (Å²) < 4.78 is 4.68. The maximum atomic E-state index is 11.2. The van der Waals surface area contributed by atoms with Crippen LogP contribution in [0.5, 0.6) is 0 Å². The average molecular weight is 168 g/mol. The van der Waals surface area contributed by atoms with E-state index in [9.17, 15) is 4.79 Å². The number of ether oxygens (including phenoxy) is 1. The van der Waals surface area contributed by atoms with Crippen LogP contribution >= 0.6 is 0 Å². The minimum absolute atomic E-state index is 0.164. The molecule has 2 nitrogen and oxygen atoms in total. The topological polar surface area (TPSA) is 26.3 Å². The van der Waals surface area contributed by atoms with E-state index < -0.39 is 0 Å². The van der Waals surface area contributed by atoms with Gasteiger partial charge in [-0.25, -0.2) is 4.79 Å². The van der Waals surface area contributed by atoms with Gasteiger partial charge in [-0.1, -0.05) is 19.9 Å². The first-order chi connectivity index (χ1) is 5.55. The smallest absolute Gasteiger partial charge is 0.333 e. The van der Waals surface area contributed by atoms with Crippen LogP contribution in [0.1, 0.15) is 33.1 Å². The maximum absolute atomic E-state index is 11.2. The Labute approximate surface area is 73.6 Å². The van der Waals surface area contributed by atoms with Gasteiger partial charge in [0.15, 0.2) is 0 Å². The molecule has 0 atom stereocenters. The van der Waals surface area contributed by atoms with Gasteiger partial charge in [-0.2, -0.15) is 0 Å². The molecule has 2 heteroatoms. The summed E-state index contributed by atoms with van der Waals surface area (Å²) in [7, 11) is 1.44. The molecule has 0 fully saturated rings. The number of carbonyl (C=O) groups excluding carboxylic acids is 1. The Morgan fingerprint density at radius 1 is 1.58 bits per heavy atom. The number of allylic oxidation sites excluding steroid dienone is 1. The highest BCUT2D eigenvalue weighted by Crippen LogP contribution is 2.33. The van der Waals surface area contributed by atoms with E-state index in [0.29, 0.717) is 0 Å². The van der Waals surface area contributed by atoms with Crippen LogP contribution in [0.4, 0.5) is 0 Å². The summed E-state index contributed by atoms with van der Waals surface area (Å²) in [5, 5.41) is 0. The summed E-state index contributed by atoms with van der Waals surface area (Å²) in [6.07, 6.45) is 5.17. The Bertz CT molecular complexity index is 214. The first-order valence-corrected chi connectivity index (χ1v) is 4.35. The summed E-state index contributed by atoms with van der Waals surface area (Å²) in [5.41, 5.74) is 1.01. The first-order valence-electron chi connectivity index (χ1n) is 4.35. The lowest BCUT2D eigenvalue weighted by Gasteiger charge is -2.26. The molecular formula is C10H16O2. The van der Waals surface area contributed by atoms with Gasteiger partial charge in [-0.15, -0.1) is 0 Å². The Hall–Kier alpha value is -0.790. The van der Waals surface area contributed by atoms with Gasteiger partial charge in [0, 0.05) is 5.57 Å². The van der Waals surface area contributed by atoms with E-state index >= 15 is 0 Å². The third-order valence-corrected chi connectivity index (χ3v) is 2.28. The summed E-state index contributed by atoms with van der Waals surface area (Å²) in [6, 6.07) is 0. The van der Waals surface area contributed by atoms with E-state index in [-0.39, 0.29) is 11.4 Å². The van der Waals surface area contributed by atoms with Crippen LogP contribution in [0.25, 0.3) is 0 Å². The summed E-state index contributed by atoms with van der Waals surface area (Å²) in [6.45, 7) is 4.30. The third-order valence-electron chi connectivity index (χ3n) is 2.28. The van der Waals surface area contributed by atoms with Crippen molar-refractivity contribution < 1.29 is 9.53 Å². The molecule has 0 aromatic heterocycles. The average Bonchev–Trinajstić information content (AvgIpc) is 2.01. The van der Waals surface area contributed by atoms with Crippen molar-refractivity contribution in [3.63, 3.8) is 0 Å². The van der Waals surface area contributed by atoms with Gasteiger partial charge in [0.1, 0.15) is 0 Å². The fraction of sp³-hybridized carbons (Fsp3) is 0.700. The molecule has 0 saturated heterocycles. The van der Waals surface area contributed by atoms with E-state index in [1.165, 1.54) is 7.11 Å². The van der Waals surface area contributed by atoms with Crippen LogP contribution in [0.3, 0.4) is 0 Å². The number of hydrogen-bond acceptors (Lipinski definition) is 2. The van der Waals surface area contributed by atoms with Crippen molar-refractivity contribution >= 4 is 5.97 Å². The zero-order chi connectivity index (χ0) is 9.19. The van der Waals surface area contributed by atoms with Crippen molar-refractivity contribution in [2.75, 3.05) is 7.11 Å². The number of esters is 1. The maximum Gasteiger partial charge on any atom is 0.333 e. The fourth-order valence-electron chi connectivity index (χ4n) is 1.64. The van der Waals surface area contributed by atoms with E-state index in [1.807, 2.05) is 6.08 Å². The standard InChI is InChI=1S/C10H16O2/c1-10(2)6-4-5-8(7-10)9(11)12-3/h7H,4-6H2,1-3H3. The number of carbonyl (C=O) groups is 1. The van der Waals surface area contributed by atoms with Crippen molar-refractivity contribution in [2.24, 2.45) is 5.41 Å². The highest BCUT2D eigenvalue weighted by atomic mass is 16.5. The molecule has 0 aromatic rings. The zero-order valence-electron chi connectivity index (χ0n) is 8.02. The molecule has 12 heavy (non-hydrogen) atoms. The molecule has 0 spiro atoms. The van der Waals surface area contributed by atoms with Crippen molar-refractivity contribution in [3.8, 4) is 0 Å². The molecule has 0 aromatic carbocycles. The van der Waals surface area contributed by atoms with E-state index in [0.717, 1.165) is 24.8 Å². The van der Waals surface area contributed by atoms with Crippen LogP contribution < -0.4 is 0 Å². The normalized spacial score (nSPS) is 21.4. The summed E-state index contributed by atoms with van der Waals surface area (Å²) in [4.78, 5) is 11.2. The van der Waals surface area contributed by atoms with Gasteiger partial charge in [0.05, 0.1) is 7.11 Å². The van der Waals surface area contributed by atoms with Gasteiger partial charge in [-0.3, -0.25) is 0 Å². The lowest BCUT2D eigenvalue weighted by molar-refractivity contribution is -0.136. The van der Waals surface area contributed by atoms with Crippen LogP contribution in [0.15, 0.2) is 11.6 Å². The Morgan fingerprint density at radius 2 is 2.25 bits per heavy atom. The second-order valence-electron chi connectivity index (χ2n) is 4.00. The number of methoxy groups -OCH3 is 1. The lowest BCUT2D eigenvalue weighted by Crippen LogP contribution is -2.17. The number of hydrogen-bond donors (Lipinski definition) is 0. The minimum Gasteiger partial charge on any atom is -0.466 e. The van der Waals surface area contributed by atoms with Gasteiger partial charge < -0.3 is 4.74 Å². The van der Waals surface area contributed by atoms with Gasteiger partial charge in [-0.05, 0) is 24.7 Å². The molecule has 0 saturated carbocycles. The molecule has 68 valence electrons. The van der Waals surface area contributed by atoms with Crippen LogP contribution in [0.2, 0.25) is 0 Å². The zero-order valence-corrected chi connectivity index (χ0v) is 8.02. The van der Waals surface area contributed by atoms with Crippen LogP contribution in [-0.2, 0) is 9.53 Å². The Balaban J connectivity index is 2.77. The van der Waals surface area contributed by atoms with Crippen LogP contribution in [0, 0.1) is 5.41 Å². The van der Waals surface area contributed by atoms with Crippen molar-refractivity contribution in [2.45, 2.75) is 33.1 Å². The molecule has 0 amide bonds. The molecule has 1 rings (SSSR count). The summed E-state index contributed by atoms with van der Waals surface area (Å²) >= 11 is 0. The van der Waals surface area contributed by atoms with E-state index in [2.05, 4.69) is 18.6 Å². The minimum atomic E-state index is -0.164. The van der Waals surface area contributed by atoms with E-state index in [1.54, 1.807) is 0 Å². The second kappa shape index (κ2) is 3.30. The molecule has 0 N–H and O–H groups in total. The van der Waals surface area contributed by atoms with E-state index in [4.69, 9.17) is 0 Å². The third kappa shape index (κ3) is 2.10. The molecule has 1 aliphatic carbocycles. The molecule has 0 heterocycles. The van der Waals surface area contributed by atoms with Crippen LogP contribution in [-0.4, -0.2) is 13.1 Å². The fourth-order valence-corrected chi connectivity index (χ4v) is 1.64. The van der Waals surface area contributed by atoms with Crippen molar-refractivity contribution in [1.29, 1.82) is 0 Å². The summed E-state index contributed by atoms with van der Waals surface area (Å²) in [5.74, 6) is -0.164. The molecule has 0 unspecified atom stereocenters. The molecule has 0 radical (unpaired) electrons. The quantitative estimate of drug-likeness (QED) is 0.561. The number of rotatable bonds is 1. The highest BCUT2D eigenvalue weighted by molar-refractivity contribution is 5.88. The second-order valence-corrected chi connectivity index (χ2v) is 4.00. The largest absolute Gasteiger partial charge is 0.466 e. The lowest BCUT2D eigenvalue weighted by atomic mass is 9.80.